The first kappa shape index (κ1) is 24.4. The summed E-state index contributed by atoms with van der Waals surface area (Å²) in [5.74, 6) is -5.27. The third-order valence-electron chi connectivity index (χ3n) is 6.69. The number of carbonyl (C=O) groups excluding carboxylic acids is 2. The lowest BCUT2D eigenvalue weighted by molar-refractivity contribution is -0.143. The molecule has 2 amide bonds. The van der Waals surface area contributed by atoms with E-state index in [-0.39, 0.29) is 17.9 Å². The molecular formula is C27H25F2N5O3. The summed E-state index contributed by atoms with van der Waals surface area (Å²) in [6.07, 6.45) is 3.22. The fraction of sp³-hybridized carbons (Fsp3) is 0.259. The maximum absolute atomic E-state index is 13.7. The highest BCUT2D eigenvalue weighted by Gasteiger charge is 2.45. The second-order valence-electron chi connectivity index (χ2n) is 9.37. The molecule has 0 unspecified atom stereocenters. The number of hydrogen-bond donors (Lipinski definition) is 1. The molecule has 0 aliphatic carbocycles. The molecule has 37 heavy (non-hydrogen) atoms. The normalized spacial score (nSPS) is 18.0. The molecule has 0 spiro atoms. The molecule has 8 nitrogen and oxygen atoms in total. The molecule has 5 rings (SSSR count). The molecule has 1 N–H and O–H groups in total. The molecule has 1 aliphatic rings. The van der Waals surface area contributed by atoms with Crippen LogP contribution in [0.2, 0.25) is 0 Å². The van der Waals surface area contributed by atoms with Crippen LogP contribution in [0.4, 0.5) is 14.5 Å². The first-order chi connectivity index (χ1) is 17.5. The predicted molar refractivity (Wildman–Crippen MR) is 135 cm³/mol. The van der Waals surface area contributed by atoms with E-state index in [1.165, 1.54) is 10.6 Å². The van der Waals surface area contributed by atoms with Crippen LogP contribution in [0, 0.1) is 6.92 Å². The van der Waals surface area contributed by atoms with Gasteiger partial charge in [0.05, 0.1) is 29.5 Å². The lowest BCUT2D eigenvalue weighted by Crippen LogP contribution is -2.46. The minimum absolute atomic E-state index is 0.115. The van der Waals surface area contributed by atoms with E-state index in [9.17, 15) is 23.2 Å². The monoisotopic (exact) mass is 505 g/mol. The summed E-state index contributed by atoms with van der Waals surface area (Å²) < 4.78 is 30.6. The van der Waals surface area contributed by atoms with Crippen LogP contribution in [-0.2, 0) is 16.6 Å². The Kier molecular flexibility index (Phi) is 5.89. The van der Waals surface area contributed by atoms with E-state index in [2.05, 4.69) is 10.4 Å². The van der Waals surface area contributed by atoms with Gasteiger partial charge in [-0.1, -0.05) is 24.3 Å². The maximum Gasteiger partial charge on any atom is 0.321 e. The maximum atomic E-state index is 13.7. The zero-order chi connectivity index (χ0) is 26.5. The van der Waals surface area contributed by atoms with Gasteiger partial charge in [-0.3, -0.25) is 14.4 Å². The van der Waals surface area contributed by atoms with Gasteiger partial charge in [0.15, 0.2) is 0 Å². The van der Waals surface area contributed by atoms with E-state index in [0.29, 0.717) is 18.3 Å². The van der Waals surface area contributed by atoms with E-state index in [4.69, 9.17) is 0 Å². The summed E-state index contributed by atoms with van der Waals surface area (Å²) in [6.45, 7) is 2.42. The van der Waals surface area contributed by atoms with Gasteiger partial charge >= 0.3 is 5.92 Å². The smallest absolute Gasteiger partial charge is 0.321 e. The number of aromatic nitrogens is 3. The van der Waals surface area contributed by atoms with Crippen LogP contribution in [-0.4, -0.2) is 38.1 Å². The van der Waals surface area contributed by atoms with Crippen molar-refractivity contribution in [1.82, 2.24) is 19.7 Å². The molecule has 190 valence electrons. The number of amides is 2. The SMILES string of the molecule is Cc1ccccc1[C@@H]1[C@@H](NC(=O)C(C)(F)F)CC(=O)N1c1ccc2c(cnn2-c2ccc(=O)n(C)c2)c1. The molecule has 4 aromatic rings. The van der Waals surface area contributed by atoms with Gasteiger partial charge < -0.3 is 14.8 Å². The molecule has 1 aliphatic heterocycles. The first-order valence-corrected chi connectivity index (χ1v) is 11.8. The highest BCUT2D eigenvalue weighted by atomic mass is 19.3. The third kappa shape index (κ3) is 4.39. The van der Waals surface area contributed by atoms with Crippen molar-refractivity contribution in [3.8, 4) is 5.69 Å². The van der Waals surface area contributed by atoms with E-state index in [0.717, 1.165) is 22.0 Å². The lowest BCUT2D eigenvalue weighted by atomic mass is 9.95. The number of halogens is 2. The van der Waals surface area contributed by atoms with E-state index >= 15 is 0 Å². The number of benzene rings is 2. The number of anilines is 1. The van der Waals surface area contributed by atoms with Crippen LogP contribution in [0.25, 0.3) is 16.6 Å². The van der Waals surface area contributed by atoms with E-state index in [1.54, 1.807) is 41.2 Å². The van der Waals surface area contributed by atoms with Gasteiger partial charge in [-0.15, -0.1) is 0 Å². The zero-order valence-corrected chi connectivity index (χ0v) is 20.5. The molecule has 0 bridgehead atoms. The molecule has 10 heteroatoms. The van der Waals surface area contributed by atoms with Crippen molar-refractivity contribution in [3.05, 3.63) is 88.5 Å². The van der Waals surface area contributed by atoms with Crippen LogP contribution < -0.4 is 15.8 Å². The largest absolute Gasteiger partial charge is 0.345 e. The first-order valence-electron chi connectivity index (χ1n) is 11.8. The Balaban J connectivity index is 1.57. The minimum atomic E-state index is -3.57. The summed E-state index contributed by atoms with van der Waals surface area (Å²) in [7, 11) is 1.66. The van der Waals surface area contributed by atoms with Gasteiger partial charge in [-0.05, 0) is 42.3 Å². The third-order valence-corrected chi connectivity index (χ3v) is 6.69. The minimum Gasteiger partial charge on any atom is -0.345 e. The summed E-state index contributed by atoms with van der Waals surface area (Å²) in [5, 5.41) is 7.60. The average molecular weight is 506 g/mol. The Hall–Kier alpha value is -4.34. The van der Waals surface area contributed by atoms with Gasteiger partial charge in [0.25, 0.3) is 5.91 Å². The van der Waals surface area contributed by atoms with Crippen molar-refractivity contribution in [1.29, 1.82) is 0 Å². The fourth-order valence-corrected chi connectivity index (χ4v) is 4.82. The standard InChI is InChI=1S/C27H25F2N5O3/c1-16-6-4-5-7-20(16)25-21(31-26(37)27(2,28)29)13-24(36)33(25)18-8-10-22-17(12-18)14-30-34(22)19-9-11-23(35)32(3)15-19/h4-12,14-15,21,25H,13H2,1-3H3,(H,31,37)/t21-,25+/m0/s1. The summed E-state index contributed by atoms with van der Waals surface area (Å²) in [6, 6.07) is 14.4. The van der Waals surface area contributed by atoms with Crippen molar-refractivity contribution >= 4 is 28.4 Å². The number of carbonyl (C=O) groups is 2. The Morgan fingerprint density at radius 3 is 2.51 bits per heavy atom. The van der Waals surface area contributed by atoms with Crippen molar-refractivity contribution in [2.75, 3.05) is 4.90 Å². The van der Waals surface area contributed by atoms with Gasteiger partial charge in [-0.25, -0.2) is 4.68 Å². The molecular weight excluding hydrogens is 480 g/mol. The summed E-state index contributed by atoms with van der Waals surface area (Å²) in [5.41, 5.74) is 3.52. The number of hydrogen-bond acceptors (Lipinski definition) is 4. The van der Waals surface area contributed by atoms with Gasteiger partial charge in [0, 0.05) is 43.7 Å². The topological polar surface area (TPSA) is 89.2 Å². The second-order valence-corrected chi connectivity index (χ2v) is 9.37. The molecule has 0 saturated carbocycles. The number of aryl methyl sites for hydroxylation is 2. The van der Waals surface area contributed by atoms with Crippen LogP contribution in [0.3, 0.4) is 0 Å². The van der Waals surface area contributed by atoms with E-state index < -0.39 is 23.9 Å². The molecule has 2 aromatic carbocycles. The Morgan fingerprint density at radius 2 is 1.81 bits per heavy atom. The van der Waals surface area contributed by atoms with Crippen molar-refractivity contribution in [3.63, 3.8) is 0 Å². The highest BCUT2D eigenvalue weighted by molar-refractivity contribution is 6.00. The quantitative estimate of drug-likeness (QED) is 0.449. The predicted octanol–water partition coefficient (Wildman–Crippen LogP) is 3.65. The Bertz CT molecular complexity index is 1590. The van der Waals surface area contributed by atoms with Gasteiger partial charge in [-0.2, -0.15) is 13.9 Å². The van der Waals surface area contributed by atoms with Crippen LogP contribution in [0.1, 0.15) is 30.5 Å². The molecule has 0 radical (unpaired) electrons. The number of pyridine rings is 1. The average Bonchev–Trinajstić information content (AvgIpc) is 3.40. The zero-order valence-electron chi connectivity index (χ0n) is 20.5. The van der Waals surface area contributed by atoms with Crippen LogP contribution in [0.5, 0.6) is 0 Å². The molecule has 1 saturated heterocycles. The fourth-order valence-electron chi connectivity index (χ4n) is 4.82. The molecule has 1 fully saturated rings. The number of fused-ring (bicyclic) bond motifs is 1. The highest BCUT2D eigenvalue weighted by Crippen LogP contribution is 2.40. The molecule has 3 heterocycles. The number of nitrogens with one attached hydrogen (secondary N) is 1. The Morgan fingerprint density at radius 1 is 1.08 bits per heavy atom. The number of rotatable bonds is 5. The van der Waals surface area contributed by atoms with Gasteiger partial charge in [0.2, 0.25) is 11.5 Å². The summed E-state index contributed by atoms with van der Waals surface area (Å²) in [4.78, 5) is 38.8. The van der Waals surface area contributed by atoms with Crippen LogP contribution >= 0.6 is 0 Å². The molecule has 2 aromatic heterocycles. The lowest BCUT2D eigenvalue weighted by Gasteiger charge is -2.30. The van der Waals surface area contributed by atoms with Gasteiger partial charge in [0.1, 0.15) is 0 Å². The number of nitrogens with zero attached hydrogens (tertiary/aromatic N) is 4. The Labute approximate surface area is 211 Å². The summed E-state index contributed by atoms with van der Waals surface area (Å²) >= 11 is 0. The van der Waals surface area contributed by atoms with Crippen molar-refractivity contribution in [2.45, 2.75) is 38.3 Å². The molecule has 2 atom stereocenters. The van der Waals surface area contributed by atoms with Crippen LogP contribution in [0.15, 0.2) is 71.8 Å². The van der Waals surface area contributed by atoms with Crippen molar-refractivity contribution in [2.24, 2.45) is 7.05 Å². The second kappa shape index (κ2) is 8.95. The van der Waals surface area contributed by atoms with Crippen molar-refractivity contribution < 1.29 is 18.4 Å². The number of alkyl halides is 2. The van der Waals surface area contributed by atoms with E-state index in [1.807, 2.05) is 43.3 Å².